The minimum atomic E-state index is -3.43. The van der Waals surface area contributed by atoms with Crippen LogP contribution in [0.3, 0.4) is 0 Å². The molecule has 3 fully saturated rings. The normalized spacial score (nSPS) is 26.5. The summed E-state index contributed by atoms with van der Waals surface area (Å²) in [5, 5.41) is 18.1. The lowest BCUT2D eigenvalue weighted by Gasteiger charge is -2.37. The molecule has 2 unspecified atom stereocenters. The highest BCUT2D eigenvalue weighted by molar-refractivity contribution is 7.89. The number of benzene rings is 2. The topological polar surface area (TPSA) is 137 Å². The Balaban J connectivity index is 1.39. The minimum Gasteiger partial charge on any atom is -0.465 e. The molecule has 3 saturated heterocycles. The molecule has 3 aliphatic rings. The van der Waals surface area contributed by atoms with E-state index in [9.17, 15) is 27.5 Å². The van der Waals surface area contributed by atoms with E-state index in [1.807, 2.05) is 0 Å². The first kappa shape index (κ1) is 31.3. The SMILES string of the molecule is O=C(O)N[C@H](C(=O)Nc1cccc(F)c1CC[C@H]1CN[C@@H]2CCCS(=O)(=O)N1C2)C(c1ccc(F)cc1)[C@H]1CCCCO1. The average Bonchev–Trinajstić information content (AvgIpc) is 3.09. The number of halogens is 2. The average molecular weight is 621 g/mol. The van der Waals surface area contributed by atoms with Crippen LogP contribution in [0.4, 0.5) is 19.3 Å². The van der Waals surface area contributed by atoms with Crippen molar-refractivity contribution in [3.05, 3.63) is 65.2 Å². The van der Waals surface area contributed by atoms with E-state index >= 15 is 4.39 Å². The highest BCUT2D eigenvalue weighted by Gasteiger charge is 2.40. The zero-order valence-electron chi connectivity index (χ0n) is 23.8. The van der Waals surface area contributed by atoms with Gasteiger partial charge in [-0.25, -0.2) is 22.0 Å². The summed E-state index contributed by atoms with van der Waals surface area (Å²) in [6.07, 6.45) is 2.14. The minimum absolute atomic E-state index is 0.0839. The number of hydrogen-bond acceptors (Lipinski definition) is 6. The van der Waals surface area contributed by atoms with Crippen LogP contribution in [0, 0.1) is 11.6 Å². The van der Waals surface area contributed by atoms with Crippen molar-refractivity contribution in [1.82, 2.24) is 14.9 Å². The fourth-order valence-corrected chi connectivity index (χ4v) is 8.31. The number of hydrogen-bond donors (Lipinski definition) is 4. The van der Waals surface area contributed by atoms with Crippen molar-refractivity contribution in [3.8, 4) is 0 Å². The van der Waals surface area contributed by atoms with Crippen molar-refractivity contribution in [2.24, 2.45) is 0 Å². The second-order valence-electron chi connectivity index (χ2n) is 11.5. The number of amides is 2. The van der Waals surface area contributed by atoms with Crippen LogP contribution in [0.1, 0.15) is 55.6 Å². The van der Waals surface area contributed by atoms with Crippen LogP contribution >= 0.6 is 0 Å². The lowest BCUT2D eigenvalue weighted by atomic mass is 9.82. The number of rotatable bonds is 9. The molecule has 0 spiro atoms. The smallest absolute Gasteiger partial charge is 0.405 e. The van der Waals surface area contributed by atoms with Crippen LogP contribution in [0.15, 0.2) is 42.5 Å². The molecule has 43 heavy (non-hydrogen) atoms. The van der Waals surface area contributed by atoms with Crippen LogP contribution in [-0.2, 0) is 26.0 Å². The molecule has 4 N–H and O–H groups in total. The lowest BCUT2D eigenvalue weighted by Crippen LogP contribution is -2.57. The van der Waals surface area contributed by atoms with Crippen molar-refractivity contribution in [1.29, 1.82) is 0 Å². The number of carboxylic acid groups (broad SMARTS) is 1. The van der Waals surface area contributed by atoms with Crippen LogP contribution in [0.25, 0.3) is 0 Å². The number of carbonyl (C=O) groups is 2. The van der Waals surface area contributed by atoms with Crippen LogP contribution in [-0.4, -0.2) is 79.5 Å². The summed E-state index contributed by atoms with van der Waals surface area (Å²) >= 11 is 0. The highest BCUT2D eigenvalue weighted by Crippen LogP contribution is 2.33. The fraction of sp³-hybridized carbons (Fsp3) is 0.533. The third kappa shape index (κ3) is 7.51. The molecule has 0 saturated carbocycles. The Morgan fingerprint density at radius 3 is 2.60 bits per heavy atom. The van der Waals surface area contributed by atoms with Crippen molar-refractivity contribution < 1.29 is 36.6 Å². The van der Waals surface area contributed by atoms with Crippen LogP contribution in [0.5, 0.6) is 0 Å². The Morgan fingerprint density at radius 1 is 1.09 bits per heavy atom. The fourth-order valence-electron chi connectivity index (χ4n) is 6.50. The van der Waals surface area contributed by atoms with Gasteiger partial charge in [0.1, 0.15) is 17.7 Å². The molecule has 6 atom stereocenters. The number of sulfonamides is 1. The van der Waals surface area contributed by atoms with Crippen molar-refractivity contribution in [2.75, 3.05) is 30.8 Å². The van der Waals surface area contributed by atoms with Crippen molar-refractivity contribution >= 4 is 27.7 Å². The summed E-state index contributed by atoms with van der Waals surface area (Å²) in [4.78, 5) is 25.7. The molecule has 2 bridgehead atoms. The molecular formula is C30H38F2N4O6S. The first-order chi connectivity index (χ1) is 20.6. The third-order valence-corrected chi connectivity index (χ3v) is 10.6. The summed E-state index contributed by atoms with van der Waals surface area (Å²) in [5.74, 6) is -2.44. The summed E-state index contributed by atoms with van der Waals surface area (Å²) in [7, 11) is -3.43. The molecule has 2 amide bonds. The lowest BCUT2D eigenvalue weighted by molar-refractivity contribution is -0.120. The zero-order valence-corrected chi connectivity index (χ0v) is 24.6. The molecule has 10 nitrogen and oxygen atoms in total. The monoisotopic (exact) mass is 620 g/mol. The van der Waals surface area contributed by atoms with Crippen molar-refractivity contribution in [3.63, 3.8) is 0 Å². The Hall–Kier alpha value is -3.13. The Kier molecular flexibility index (Phi) is 9.95. The van der Waals surface area contributed by atoms with Gasteiger partial charge in [-0.1, -0.05) is 18.2 Å². The maximum Gasteiger partial charge on any atom is 0.405 e. The highest BCUT2D eigenvalue weighted by atomic mass is 32.2. The third-order valence-electron chi connectivity index (χ3n) is 8.66. The summed E-state index contributed by atoms with van der Waals surface area (Å²) in [6, 6.07) is 8.17. The zero-order chi connectivity index (χ0) is 30.6. The molecule has 0 radical (unpaired) electrons. The van der Waals surface area contributed by atoms with Gasteiger partial charge in [0, 0.05) is 48.9 Å². The van der Waals surface area contributed by atoms with E-state index in [1.54, 1.807) is 0 Å². The number of anilines is 1. The Labute approximate surface area is 250 Å². The Morgan fingerprint density at radius 2 is 1.88 bits per heavy atom. The number of nitrogens with one attached hydrogen (secondary N) is 3. The molecule has 3 aliphatic heterocycles. The van der Waals surface area contributed by atoms with Gasteiger partial charge in [-0.2, -0.15) is 4.31 Å². The van der Waals surface area contributed by atoms with Gasteiger partial charge in [0.15, 0.2) is 0 Å². The second-order valence-corrected chi connectivity index (χ2v) is 13.5. The quantitative estimate of drug-likeness (QED) is 0.336. The van der Waals surface area contributed by atoms with E-state index < -0.39 is 51.7 Å². The van der Waals surface area contributed by atoms with Gasteiger partial charge < -0.3 is 25.8 Å². The summed E-state index contributed by atoms with van der Waals surface area (Å²) in [6.45, 7) is 1.27. The Bertz CT molecular complexity index is 1400. The molecule has 2 aromatic rings. The largest absolute Gasteiger partial charge is 0.465 e. The number of nitrogens with zero attached hydrogens (tertiary/aromatic N) is 1. The van der Waals surface area contributed by atoms with Crippen LogP contribution < -0.4 is 16.0 Å². The summed E-state index contributed by atoms with van der Waals surface area (Å²) in [5.41, 5.74) is 0.903. The van der Waals surface area contributed by atoms with Gasteiger partial charge in [0.2, 0.25) is 15.9 Å². The first-order valence-electron chi connectivity index (χ1n) is 14.8. The second kappa shape index (κ2) is 13.7. The predicted octanol–water partition coefficient (Wildman–Crippen LogP) is 3.59. The molecule has 5 rings (SSSR count). The number of carbonyl (C=O) groups excluding carboxylic acids is 1. The molecule has 0 aliphatic carbocycles. The molecular weight excluding hydrogens is 582 g/mol. The summed E-state index contributed by atoms with van der Waals surface area (Å²) < 4.78 is 62.3. The predicted molar refractivity (Wildman–Crippen MR) is 156 cm³/mol. The van der Waals surface area contributed by atoms with E-state index in [1.165, 1.54) is 46.8 Å². The van der Waals surface area contributed by atoms with Crippen LogP contribution in [0.2, 0.25) is 0 Å². The number of ether oxygens (including phenoxy) is 1. The maximum absolute atomic E-state index is 15.2. The van der Waals surface area contributed by atoms with E-state index in [0.717, 1.165) is 19.3 Å². The van der Waals surface area contributed by atoms with Crippen molar-refractivity contribution in [2.45, 2.75) is 75.1 Å². The van der Waals surface area contributed by atoms with Gasteiger partial charge in [-0.3, -0.25) is 4.79 Å². The number of fused-ring (bicyclic) bond motifs is 2. The van der Waals surface area contributed by atoms with Gasteiger partial charge in [0.05, 0.1) is 11.9 Å². The number of piperazine rings is 1. The molecule has 234 valence electrons. The first-order valence-corrected chi connectivity index (χ1v) is 16.4. The van der Waals surface area contributed by atoms with E-state index in [0.29, 0.717) is 44.5 Å². The molecule has 13 heteroatoms. The van der Waals surface area contributed by atoms with E-state index in [-0.39, 0.29) is 35.5 Å². The molecule has 2 aromatic carbocycles. The maximum atomic E-state index is 15.2. The van der Waals surface area contributed by atoms with Gasteiger partial charge >= 0.3 is 6.09 Å². The van der Waals surface area contributed by atoms with E-state index in [4.69, 9.17) is 4.74 Å². The van der Waals surface area contributed by atoms with Gasteiger partial charge in [0.25, 0.3) is 0 Å². The van der Waals surface area contributed by atoms with Gasteiger partial charge in [-0.05, 0) is 74.8 Å². The molecule has 0 aromatic heterocycles. The van der Waals surface area contributed by atoms with Gasteiger partial charge in [-0.15, -0.1) is 0 Å². The molecule has 3 heterocycles. The standard InChI is InChI=1S/C30H38F2N4O6S/c31-20-11-9-19(10-12-20)27(26-8-1-2-15-42-26)28(35-30(38)39)29(37)34-25-7-3-6-24(32)23(25)14-13-22-17-33-21-5-4-16-43(40,41)36(22)18-21/h3,6-7,9-12,21-22,26-28,33,35H,1-2,4-5,8,13-18H2,(H,34,37)(H,38,39)/t21-,22+,26-,27?,28+/m1/s1. The van der Waals surface area contributed by atoms with E-state index in [2.05, 4.69) is 16.0 Å².